The van der Waals surface area contributed by atoms with Crippen LogP contribution in [0.1, 0.15) is 24.9 Å². The number of benzene rings is 1. The molecule has 3 N–H and O–H groups in total. The summed E-state index contributed by atoms with van der Waals surface area (Å²) in [4.78, 5) is 0. The van der Waals surface area contributed by atoms with Crippen LogP contribution in [0.3, 0.4) is 0 Å². The van der Waals surface area contributed by atoms with Crippen molar-refractivity contribution in [1.29, 1.82) is 0 Å². The largest absolute Gasteiger partial charge is 0.493 e. The molecule has 0 aliphatic heterocycles. The van der Waals surface area contributed by atoms with Crippen LogP contribution in [-0.4, -0.2) is 27.3 Å². The molecular weight excluding hydrogens is 320 g/mol. The smallest absolute Gasteiger partial charge is 0.161 e. The van der Waals surface area contributed by atoms with Crippen molar-refractivity contribution < 1.29 is 9.47 Å². The van der Waals surface area contributed by atoms with E-state index in [1.165, 1.54) is 6.42 Å². The summed E-state index contributed by atoms with van der Waals surface area (Å²) in [5, 5.41) is 3.56. The highest BCUT2D eigenvalue weighted by Crippen LogP contribution is 2.38. The number of methoxy groups -OCH3 is 2. The molecule has 0 amide bonds. The Morgan fingerprint density at radius 3 is 2.45 bits per heavy atom. The van der Waals surface area contributed by atoms with E-state index in [1.807, 2.05) is 12.1 Å². The van der Waals surface area contributed by atoms with Crippen molar-refractivity contribution in [2.24, 2.45) is 17.6 Å². The van der Waals surface area contributed by atoms with Crippen molar-refractivity contribution in [3.05, 3.63) is 22.2 Å². The minimum atomic E-state index is 0.122. The summed E-state index contributed by atoms with van der Waals surface area (Å²) in [5.41, 5.74) is 7.03. The average Bonchev–Trinajstić information content (AvgIpc) is 3.16. The Hall–Kier alpha value is -0.780. The van der Waals surface area contributed by atoms with Crippen LogP contribution in [0, 0.1) is 11.8 Å². The molecule has 0 heterocycles. The lowest BCUT2D eigenvalue weighted by Gasteiger charge is -2.20. The molecule has 1 aliphatic carbocycles. The summed E-state index contributed by atoms with van der Waals surface area (Å²) in [6.45, 7) is 3.86. The fraction of sp³-hybridized carbons (Fsp3) is 0.600. The maximum absolute atomic E-state index is 5.92. The predicted molar refractivity (Wildman–Crippen MR) is 84.3 cm³/mol. The Balaban J connectivity index is 2.15. The zero-order valence-electron chi connectivity index (χ0n) is 12.3. The predicted octanol–water partition coefficient (Wildman–Crippen LogP) is 2.71. The minimum absolute atomic E-state index is 0.122. The van der Waals surface area contributed by atoms with E-state index in [1.54, 1.807) is 14.2 Å². The Morgan fingerprint density at radius 1 is 1.35 bits per heavy atom. The van der Waals surface area contributed by atoms with Crippen molar-refractivity contribution in [2.45, 2.75) is 19.4 Å². The molecule has 0 aromatic heterocycles. The number of hydrogen-bond donors (Lipinski definition) is 2. The van der Waals surface area contributed by atoms with Crippen LogP contribution in [-0.2, 0) is 0 Å². The zero-order valence-corrected chi connectivity index (χ0v) is 13.9. The number of hydrogen-bond acceptors (Lipinski definition) is 4. The first kappa shape index (κ1) is 15.6. The molecule has 1 aliphatic rings. The highest BCUT2D eigenvalue weighted by atomic mass is 79.9. The van der Waals surface area contributed by atoms with E-state index in [-0.39, 0.29) is 6.04 Å². The maximum atomic E-state index is 5.92. The minimum Gasteiger partial charge on any atom is -0.493 e. The molecule has 3 unspecified atom stereocenters. The molecular formula is C15H23BrN2O2. The highest BCUT2D eigenvalue weighted by molar-refractivity contribution is 9.10. The van der Waals surface area contributed by atoms with Gasteiger partial charge in [-0.25, -0.2) is 0 Å². The van der Waals surface area contributed by atoms with Crippen LogP contribution >= 0.6 is 15.9 Å². The first-order valence-electron chi connectivity index (χ1n) is 6.95. The SMILES string of the molecule is COc1cc(Br)c(C(CN)NCC2CC2C)cc1OC. The highest BCUT2D eigenvalue weighted by Gasteiger charge is 2.32. The van der Waals surface area contributed by atoms with E-state index in [0.717, 1.165) is 39.9 Å². The second-order valence-corrected chi connectivity index (χ2v) is 6.25. The maximum Gasteiger partial charge on any atom is 0.161 e. The number of ether oxygens (including phenoxy) is 2. The molecule has 5 heteroatoms. The van der Waals surface area contributed by atoms with E-state index >= 15 is 0 Å². The van der Waals surface area contributed by atoms with Crippen LogP contribution in [0.2, 0.25) is 0 Å². The first-order valence-corrected chi connectivity index (χ1v) is 7.74. The zero-order chi connectivity index (χ0) is 14.7. The van der Waals surface area contributed by atoms with Gasteiger partial charge in [0.05, 0.1) is 14.2 Å². The van der Waals surface area contributed by atoms with Gasteiger partial charge in [-0.1, -0.05) is 22.9 Å². The fourth-order valence-electron chi connectivity index (χ4n) is 2.43. The van der Waals surface area contributed by atoms with E-state index in [4.69, 9.17) is 15.2 Å². The lowest BCUT2D eigenvalue weighted by molar-refractivity contribution is 0.353. The Bertz CT molecular complexity index is 467. The topological polar surface area (TPSA) is 56.5 Å². The van der Waals surface area contributed by atoms with Gasteiger partial charge < -0.3 is 20.5 Å². The van der Waals surface area contributed by atoms with Crippen LogP contribution in [0.25, 0.3) is 0 Å². The number of halogens is 1. The van der Waals surface area contributed by atoms with Gasteiger partial charge in [-0.15, -0.1) is 0 Å². The standard InChI is InChI=1S/C15H23BrN2O2/c1-9-4-10(9)8-18-13(7-17)11-5-14(19-2)15(20-3)6-12(11)16/h5-6,9-10,13,18H,4,7-8,17H2,1-3H3. The molecule has 1 saturated carbocycles. The van der Waals surface area contributed by atoms with Crippen LogP contribution < -0.4 is 20.5 Å². The normalized spacial score (nSPS) is 22.4. The molecule has 0 bridgehead atoms. The Kier molecular flexibility index (Phi) is 5.29. The molecule has 2 rings (SSSR count). The molecule has 3 atom stereocenters. The summed E-state index contributed by atoms with van der Waals surface area (Å²) in [7, 11) is 3.28. The third-order valence-corrected chi connectivity index (χ3v) is 4.70. The van der Waals surface area contributed by atoms with Gasteiger partial charge in [0.2, 0.25) is 0 Å². The van der Waals surface area contributed by atoms with Gasteiger partial charge in [0, 0.05) is 17.1 Å². The van der Waals surface area contributed by atoms with Gasteiger partial charge in [0.25, 0.3) is 0 Å². The van der Waals surface area contributed by atoms with Crippen molar-refractivity contribution in [1.82, 2.24) is 5.32 Å². The van der Waals surface area contributed by atoms with Gasteiger partial charge in [-0.05, 0) is 42.5 Å². The average molecular weight is 343 g/mol. The molecule has 20 heavy (non-hydrogen) atoms. The quantitative estimate of drug-likeness (QED) is 0.799. The van der Waals surface area contributed by atoms with Gasteiger partial charge in [-0.2, -0.15) is 0 Å². The third-order valence-electron chi connectivity index (χ3n) is 4.02. The molecule has 0 saturated heterocycles. The molecule has 1 aromatic carbocycles. The number of rotatable bonds is 7. The van der Waals surface area contributed by atoms with Crippen LogP contribution in [0.5, 0.6) is 11.5 Å². The lowest BCUT2D eigenvalue weighted by atomic mass is 10.1. The molecule has 1 fully saturated rings. The van der Waals surface area contributed by atoms with Gasteiger partial charge >= 0.3 is 0 Å². The van der Waals surface area contributed by atoms with E-state index in [0.29, 0.717) is 6.54 Å². The molecule has 0 radical (unpaired) electrons. The number of nitrogens with one attached hydrogen (secondary N) is 1. The van der Waals surface area contributed by atoms with Gasteiger partial charge in [0.1, 0.15) is 0 Å². The van der Waals surface area contributed by atoms with Crippen molar-refractivity contribution in [3.63, 3.8) is 0 Å². The van der Waals surface area contributed by atoms with Gasteiger partial charge in [-0.3, -0.25) is 0 Å². The molecule has 0 spiro atoms. The van der Waals surface area contributed by atoms with E-state index in [9.17, 15) is 0 Å². The summed E-state index contributed by atoms with van der Waals surface area (Å²) in [6, 6.07) is 4.04. The Morgan fingerprint density at radius 2 is 1.95 bits per heavy atom. The lowest BCUT2D eigenvalue weighted by Crippen LogP contribution is -2.30. The van der Waals surface area contributed by atoms with Crippen molar-refractivity contribution >= 4 is 15.9 Å². The molecule has 1 aromatic rings. The summed E-state index contributed by atoms with van der Waals surface area (Å²) in [6.07, 6.45) is 1.32. The molecule has 112 valence electrons. The van der Waals surface area contributed by atoms with Gasteiger partial charge in [0.15, 0.2) is 11.5 Å². The molecule has 4 nitrogen and oxygen atoms in total. The Labute approximate surface area is 129 Å². The number of nitrogens with two attached hydrogens (primary N) is 1. The summed E-state index contributed by atoms with van der Waals surface area (Å²) in [5.74, 6) is 3.08. The third kappa shape index (κ3) is 3.45. The van der Waals surface area contributed by atoms with E-state index in [2.05, 4.69) is 28.2 Å². The first-order chi connectivity index (χ1) is 9.60. The van der Waals surface area contributed by atoms with Crippen LogP contribution in [0.4, 0.5) is 0 Å². The van der Waals surface area contributed by atoms with E-state index < -0.39 is 0 Å². The summed E-state index contributed by atoms with van der Waals surface area (Å²) < 4.78 is 11.7. The summed E-state index contributed by atoms with van der Waals surface area (Å²) >= 11 is 3.60. The van der Waals surface area contributed by atoms with Crippen molar-refractivity contribution in [2.75, 3.05) is 27.3 Å². The second kappa shape index (κ2) is 6.78. The van der Waals surface area contributed by atoms with Crippen LogP contribution in [0.15, 0.2) is 16.6 Å². The fourth-order valence-corrected chi connectivity index (χ4v) is 3.03. The van der Waals surface area contributed by atoms with Crippen molar-refractivity contribution in [3.8, 4) is 11.5 Å². The second-order valence-electron chi connectivity index (χ2n) is 5.40. The monoisotopic (exact) mass is 342 g/mol.